The molecule has 3 heterocycles. The third-order valence-corrected chi connectivity index (χ3v) is 5.44. The lowest BCUT2D eigenvalue weighted by Gasteiger charge is -2.40. The number of aromatic nitrogens is 4. The van der Waals surface area contributed by atoms with Crippen LogP contribution in [0.25, 0.3) is 0 Å². The summed E-state index contributed by atoms with van der Waals surface area (Å²) in [6, 6.07) is 2.88. The van der Waals surface area contributed by atoms with E-state index in [2.05, 4.69) is 44.6 Å². The number of rotatable bonds is 7. The van der Waals surface area contributed by atoms with E-state index < -0.39 is 12.4 Å². The second kappa shape index (κ2) is 8.83. The average Bonchev–Trinajstić information content (AvgIpc) is 3.13. The summed E-state index contributed by atoms with van der Waals surface area (Å²) in [4.78, 5) is 10.7. The topological polar surface area (TPSA) is 102 Å². The molecule has 1 fully saturated rings. The SMILES string of the molecule is CC[C@@H]1C[C@@H](N(C)c2nc(CO)c(F)c(Nc3cc(C)[nH]n3)n2)C[C@H](CC)N1. The van der Waals surface area contributed by atoms with Crippen molar-refractivity contribution in [3.05, 3.63) is 23.3 Å². The molecule has 1 aliphatic heterocycles. The molecule has 0 amide bonds. The number of hydrogen-bond donors (Lipinski definition) is 4. The van der Waals surface area contributed by atoms with Crippen molar-refractivity contribution in [2.24, 2.45) is 0 Å². The lowest BCUT2D eigenvalue weighted by atomic mass is 9.90. The fourth-order valence-electron chi connectivity index (χ4n) is 3.70. The average molecular weight is 391 g/mol. The molecule has 0 spiro atoms. The number of anilines is 3. The molecule has 3 atom stereocenters. The molecule has 0 aliphatic carbocycles. The maximum atomic E-state index is 14.7. The predicted octanol–water partition coefficient (Wildman–Crippen LogP) is 2.63. The monoisotopic (exact) mass is 391 g/mol. The number of H-pyrrole nitrogens is 1. The van der Waals surface area contributed by atoms with Crippen molar-refractivity contribution in [3.63, 3.8) is 0 Å². The summed E-state index contributed by atoms with van der Waals surface area (Å²) in [6.07, 6.45) is 4.05. The van der Waals surface area contributed by atoms with Crippen molar-refractivity contribution < 1.29 is 9.50 Å². The highest BCUT2D eigenvalue weighted by molar-refractivity contribution is 5.55. The lowest BCUT2D eigenvalue weighted by molar-refractivity contribution is 0.266. The second-order valence-corrected chi connectivity index (χ2v) is 7.47. The largest absolute Gasteiger partial charge is 0.390 e. The van der Waals surface area contributed by atoms with Gasteiger partial charge >= 0.3 is 0 Å². The Morgan fingerprint density at radius 3 is 2.46 bits per heavy atom. The van der Waals surface area contributed by atoms with Gasteiger partial charge in [-0.15, -0.1) is 0 Å². The summed E-state index contributed by atoms with van der Waals surface area (Å²) >= 11 is 0. The highest BCUT2D eigenvalue weighted by Crippen LogP contribution is 2.27. The van der Waals surface area contributed by atoms with Gasteiger partial charge in [-0.05, 0) is 32.6 Å². The summed E-state index contributed by atoms with van der Waals surface area (Å²) in [7, 11) is 1.94. The van der Waals surface area contributed by atoms with Crippen molar-refractivity contribution in [1.82, 2.24) is 25.5 Å². The van der Waals surface area contributed by atoms with Crippen LogP contribution in [-0.4, -0.2) is 50.4 Å². The molecule has 0 aromatic carbocycles. The van der Waals surface area contributed by atoms with Gasteiger partial charge in [-0.25, -0.2) is 9.37 Å². The van der Waals surface area contributed by atoms with E-state index >= 15 is 0 Å². The smallest absolute Gasteiger partial charge is 0.227 e. The van der Waals surface area contributed by atoms with Crippen LogP contribution in [0.5, 0.6) is 0 Å². The van der Waals surface area contributed by atoms with Gasteiger partial charge < -0.3 is 20.6 Å². The molecule has 0 radical (unpaired) electrons. The van der Waals surface area contributed by atoms with Crippen molar-refractivity contribution in [2.75, 3.05) is 17.3 Å². The minimum Gasteiger partial charge on any atom is -0.390 e. The number of halogens is 1. The molecule has 0 unspecified atom stereocenters. The molecule has 0 saturated carbocycles. The van der Waals surface area contributed by atoms with Crippen LogP contribution in [0.1, 0.15) is 50.9 Å². The van der Waals surface area contributed by atoms with Gasteiger partial charge in [0.25, 0.3) is 0 Å². The zero-order valence-corrected chi connectivity index (χ0v) is 17.0. The van der Waals surface area contributed by atoms with Crippen molar-refractivity contribution in [2.45, 2.75) is 71.2 Å². The summed E-state index contributed by atoms with van der Waals surface area (Å²) in [5.41, 5.74) is 0.822. The first-order chi connectivity index (χ1) is 13.4. The Hall–Kier alpha value is -2.26. The number of aliphatic hydroxyl groups is 1. The van der Waals surface area contributed by atoms with Crippen LogP contribution >= 0.6 is 0 Å². The van der Waals surface area contributed by atoms with Gasteiger partial charge in [-0.1, -0.05) is 13.8 Å². The van der Waals surface area contributed by atoms with Crippen molar-refractivity contribution in [1.29, 1.82) is 0 Å². The van der Waals surface area contributed by atoms with E-state index in [4.69, 9.17) is 0 Å². The first kappa shape index (κ1) is 20.5. The molecule has 154 valence electrons. The van der Waals surface area contributed by atoms with Gasteiger partial charge in [0, 0.05) is 36.9 Å². The first-order valence-corrected chi connectivity index (χ1v) is 9.90. The molecule has 4 N–H and O–H groups in total. The van der Waals surface area contributed by atoms with Gasteiger partial charge in [0.2, 0.25) is 5.95 Å². The van der Waals surface area contributed by atoms with Gasteiger partial charge in [0.05, 0.1) is 6.61 Å². The molecular formula is C19H30FN7O. The fraction of sp³-hybridized carbons (Fsp3) is 0.632. The number of piperidine rings is 1. The minimum absolute atomic E-state index is 0.0143. The minimum atomic E-state index is -0.663. The number of nitrogens with one attached hydrogen (secondary N) is 3. The van der Waals surface area contributed by atoms with Crippen molar-refractivity contribution >= 4 is 17.6 Å². The maximum absolute atomic E-state index is 14.7. The Kier molecular flexibility index (Phi) is 6.46. The molecule has 8 nitrogen and oxygen atoms in total. The normalized spacial score (nSPS) is 22.3. The molecule has 0 bridgehead atoms. The van der Waals surface area contributed by atoms with Crippen LogP contribution in [0.15, 0.2) is 6.07 Å². The highest BCUT2D eigenvalue weighted by Gasteiger charge is 2.30. The third kappa shape index (κ3) is 4.41. The summed E-state index contributed by atoms with van der Waals surface area (Å²) in [5, 5.41) is 23.0. The Morgan fingerprint density at radius 1 is 1.25 bits per heavy atom. The highest BCUT2D eigenvalue weighted by atomic mass is 19.1. The molecular weight excluding hydrogens is 361 g/mol. The van der Waals surface area contributed by atoms with Gasteiger partial charge in [0.15, 0.2) is 17.5 Å². The number of aromatic amines is 1. The van der Waals surface area contributed by atoms with Crippen molar-refractivity contribution in [3.8, 4) is 0 Å². The molecule has 28 heavy (non-hydrogen) atoms. The standard InChI is InChI=1S/C19H30FN7O/c1-5-12-8-14(9-13(6-2)21-12)27(4)19-22-15(10-28)17(20)18(24-19)23-16-7-11(3)25-26-16/h7,12-14,21,28H,5-6,8-10H2,1-4H3,(H2,22,23,24,25,26)/t12-,13+,14-. The quantitative estimate of drug-likeness (QED) is 0.575. The van der Waals surface area contributed by atoms with Gasteiger partial charge in [0.1, 0.15) is 5.69 Å². The number of aryl methyl sites for hydroxylation is 1. The number of nitrogens with zero attached hydrogens (tertiary/aromatic N) is 4. The Morgan fingerprint density at radius 2 is 1.93 bits per heavy atom. The van der Waals surface area contributed by atoms with E-state index in [1.54, 1.807) is 6.07 Å². The van der Waals surface area contributed by atoms with Crippen LogP contribution in [-0.2, 0) is 6.61 Å². The third-order valence-electron chi connectivity index (χ3n) is 5.44. The van der Waals surface area contributed by atoms with E-state index in [9.17, 15) is 9.50 Å². The summed E-state index contributed by atoms with van der Waals surface area (Å²) < 4.78 is 14.7. The number of hydrogen-bond acceptors (Lipinski definition) is 7. The Labute approximate surface area is 165 Å². The molecule has 3 rings (SSSR count). The van der Waals surface area contributed by atoms with E-state index in [0.717, 1.165) is 31.4 Å². The zero-order valence-electron chi connectivity index (χ0n) is 17.0. The predicted molar refractivity (Wildman–Crippen MR) is 107 cm³/mol. The van der Waals surface area contributed by atoms with Crippen LogP contribution in [0.3, 0.4) is 0 Å². The van der Waals surface area contributed by atoms with Crippen LogP contribution in [0, 0.1) is 12.7 Å². The zero-order chi connectivity index (χ0) is 20.3. The summed E-state index contributed by atoms with van der Waals surface area (Å²) in [5.74, 6) is 0.215. The van der Waals surface area contributed by atoms with Crippen LogP contribution < -0.4 is 15.5 Å². The van der Waals surface area contributed by atoms with Crippen LogP contribution in [0.2, 0.25) is 0 Å². The lowest BCUT2D eigenvalue weighted by Crippen LogP contribution is -2.52. The van der Waals surface area contributed by atoms with E-state index in [1.165, 1.54) is 0 Å². The number of aliphatic hydroxyl groups excluding tert-OH is 1. The van der Waals surface area contributed by atoms with E-state index in [0.29, 0.717) is 23.8 Å². The van der Waals surface area contributed by atoms with Crippen LogP contribution in [0.4, 0.5) is 22.0 Å². The molecule has 9 heteroatoms. The molecule has 2 aromatic heterocycles. The fourth-order valence-corrected chi connectivity index (χ4v) is 3.70. The van der Waals surface area contributed by atoms with E-state index in [-0.39, 0.29) is 17.6 Å². The molecule has 1 aliphatic rings. The van der Waals surface area contributed by atoms with Gasteiger partial charge in [-0.2, -0.15) is 10.1 Å². The van der Waals surface area contributed by atoms with E-state index in [1.807, 2.05) is 18.9 Å². The van der Waals surface area contributed by atoms with Gasteiger partial charge in [-0.3, -0.25) is 5.10 Å². The Balaban J connectivity index is 1.88. The Bertz CT molecular complexity index is 785. The molecule has 2 aromatic rings. The summed E-state index contributed by atoms with van der Waals surface area (Å²) in [6.45, 7) is 5.72. The molecule has 1 saturated heterocycles. The maximum Gasteiger partial charge on any atom is 0.227 e. The first-order valence-electron chi connectivity index (χ1n) is 9.90. The second-order valence-electron chi connectivity index (χ2n) is 7.47.